The Hall–Kier alpha value is -1.55. The molecule has 4 nitrogen and oxygen atoms in total. The standard InChI is InChI=1S/C15H22N2O2/c1-11-5-6-12(9-13(11)19-4)14(18)17-8-7-16-10-15(17,2)3/h5-6,9,16H,7-8,10H2,1-4H3. The summed E-state index contributed by atoms with van der Waals surface area (Å²) in [6.45, 7) is 8.55. The molecule has 0 unspecified atom stereocenters. The molecule has 1 aromatic carbocycles. The van der Waals surface area contributed by atoms with Gasteiger partial charge in [-0.1, -0.05) is 6.07 Å². The van der Waals surface area contributed by atoms with E-state index in [0.717, 1.165) is 30.9 Å². The summed E-state index contributed by atoms with van der Waals surface area (Å²) in [4.78, 5) is 14.6. The normalized spacial score (nSPS) is 18.2. The number of aryl methyl sites for hydroxylation is 1. The molecule has 1 aromatic rings. The minimum absolute atomic E-state index is 0.0739. The van der Waals surface area contributed by atoms with Gasteiger partial charge in [-0.2, -0.15) is 0 Å². The molecule has 1 heterocycles. The third kappa shape index (κ3) is 2.73. The van der Waals surface area contributed by atoms with Crippen molar-refractivity contribution < 1.29 is 9.53 Å². The zero-order valence-electron chi connectivity index (χ0n) is 12.1. The van der Waals surface area contributed by atoms with Crippen molar-refractivity contribution in [3.63, 3.8) is 0 Å². The minimum atomic E-state index is -0.159. The van der Waals surface area contributed by atoms with Gasteiger partial charge in [0.2, 0.25) is 0 Å². The van der Waals surface area contributed by atoms with Gasteiger partial charge in [-0.25, -0.2) is 0 Å². The van der Waals surface area contributed by atoms with Gasteiger partial charge in [0.05, 0.1) is 12.6 Å². The Morgan fingerprint density at radius 2 is 2.16 bits per heavy atom. The first kappa shape index (κ1) is 13.9. The third-order valence-electron chi connectivity index (χ3n) is 3.70. The van der Waals surface area contributed by atoms with Crippen molar-refractivity contribution in [1.29, 1.82) is 0 Å². The van der Waals surface area contributed by atoms with Crippen molar-refractivity contribution in [1.82, 2.24) is 10.2 Å². The molecule has 0 aliphatic carbocycles. The number of hydrogen-bond donors (Lipinski definition) is 1. The van der Waals surface area contributed by atoms with Gasteiger partial charge in [-0.05, 0) is 38.5 Å². The summed E-state index contributed by atoms with van der Waals surface area (Å²) < 4.78 is 5.29. The molecule has 0 aromatic heterocycles. The fourth-order valence-electron chi connectivity index (χ4n) is 2.47. The van der Waals surface area contributed by atoms with Crippen molar-refractivity contribution in [2.24, 2.45) is 0 Å². The lowest BCUT2D eigenvalue weighted by atomic mass is 9.98. The van der Waals surface area contributed by atoms with Crippen LogP contribution in [-0.2, 0) is 0 Å². The maximum atomic E-state index is 12.6. The van der Waals surface area contributed by atoms with Crippen LogP contribution in [0, 0.1) is 6.92 Å². The number of nitrogens with one attached hydrogen (secondary N) is 1. The maximum absolute atomic E-state index is 12.6. The monoisotopic (exact) mass is 262 g/mol. The van der Waals surface area contributed by atoms with Crippen LogP contribution in [-0.4, -0.2) is 43.1 Å². The largest absolute Gasteiger partial charge is 0.496 e. The zero-order chi connectivity index (χ0) is 14.0. The number of amides is 1. The van der Waals surface area contributed by atoms with Crippen LogP contribution in [0.3, 0.4) is 0 Å². The van der Waals surface area contributed by atoms with Gasteiger partial charge in [-0.3, -0.25) is 4.79 Å². The van der Waals surface area contributed by atoms with Gasteiger partial charge in [0, 0.05) is 25.2 Å². The van der Waals surface area contributed by atoms with Crippen molar-refractivity contribution in [2.75, 3.05) is 26.7 Å². The number of nitrogens with zero attached hydrogens (tertiary/aromatic N) is 1. The van der Waals surface area contributed by atoms with Crippen LogP contribution in [0.15, 0.2) is 18.2 Å². The van der Waals surface area contributed by atoms with E-state index in [1.807, 2.05) is 30.0 Å². The molecule has 2 rings (SSSR count). The highest BCUT2D eigenvalue weighted by molar-refractivity contribution is 5.95. The van der Waals surface area contributed by atoms with E-state index in [9.17, 15) is 4.79 Å². The van der Waals surface area contributed by atoms with Gasteiger partial charge in [0.25, 0.3) is 5.91 Å². The summed E-state index contributed by atoms with van der Waals surface area (Å²) in [7, 11) is 1.63. The van der Waals surface area contributed by atoms with Crippen molar-refractivity contribution in [3.8, 4) is 5.75 Å². The summed E-state index contributed by atoms with van der Waals surface area (Å²) in [5, 5.41) is 3.32. The van der Waals surface area contributed by atoms with E-state index in [1.165, 1.54) is 0 Å². The Morgan fingerprint density at radius 3 is 2.79 bits per heavy atom. The summed E-state index contributed by atoms with van der Waals surface area (Å²) in [6.07, 6.45) is 0. The molecular formula is C15H22N2O2. The lowest BCUT2D eigenvalue weighted by Gasteiger charge is -2.42. The Bertz CT molecular complexity index is 483. The second-order valence-electron chi connectivity index (χ2n) is 5.63. The first-order valence-electron chi connectivity index (χ1n) is 6.63. The average molecular weight is 262 g/mol. The molecule has 1 N–H and O–H groups in total. The molecule has 0 radical (unpaired) electrons. The predicted octanol–water partition coefficient (Wildman–Crippen LogP) is 1.83. The Morgan fingerprint density at radius 1 is 1.42 bits per heavy atom. The molecule has 0 atom stereocenters. The molecule has 1 fully saturated rings. The first-order chi connectivity index (χ1) is 8.95. The minimum Gasteiger partial charge on any atom is -0.496 e. The van der Waals surface area contributed by atoms with E-state index in [0.29, 0.717) is 5.56 Å². The number of carbonyl (C=O) groups excluding carboxylic acids is 1. The molecule has 1 amide bonds. The van der Waals surface area contributed by atoms with Crippen LogP contribution >= 0.6 is 0 Å². The van der Waals surface area contributed by atoms with Gasteiger partial charge in [0.1, 0.15) is 5.75 Å². The number of hydrogen-bond acceptors (Lipinski definition) is 3. The maximum Gasteiger partial charge on any atom is 0.254 e. The van der Waals surface area contributed by atoms with E-state index in [1.54, 1.807) is 7.11 Å². The molecule has 1 aliphatic rings. The second-order valence-corrected chi connectivity index (χ2v) is 5.63. The highest BCUT2D eigenvalue weighted by atomic mass is 16.5. The lowest BCUT2D eigenvalue weighted by Crippen LogP contribution is -2.59. The Balaban J connectivity index is 2.28. The summed E-state index contributed by atoms with van der Waals surface area (Å²) in [5.41, 5.74) is 1.57. The van der Waals surface area contributed by atoms with Crippen molar-refractivity contribution in [3.05, 3.63) is 29.3 Å². The molecule has 0 saturated carbocycles. The van der Waals surface area contributed by atoms with E-state index in [-0.39, 0.29) is 11.4 Å². The average Bonchev–Trinajstić information content (AvgIpc) is 2.38. The van der Waals surface area contributed by atoms with Crippen LogP contribution in [0.1, 0.15) is 29.8 Å². The first-order valence-corrected chi connectivity index (χ1v) is 6.63. The highest BCUT2D eigenvalue weighted by Crippen LogP contribution is 2.23. The Kier molecular flexibility index (Phi) is 3.80. The molecular weight excluding hydrogens is 240 g/mol. The number of ether oxygens (including phenoxy) is 1. The number of benzene rings is 1. The van der Waals surface area contributed by atoms with E-state index >= 15 is 0 Å². The zero-order valence-corrected chi connectivity index (χ0v) is 12.1. The summed E-state index contributed by atoms with van der Waals surface area (Å²) >= 11 is 0. The second kappa shape index (κ2) is 5.21. The van der Waals surface area contributed by atoms with E-state index < -0.39 is 0 Å². The van der Waals surface area contributed by atoms with Crippen LogP contribution in [0.25, 0.3) is 0 Å². The summed E-state index contributed by atoms with van der Waals surface area (Å²) in [6, 6.07) is 5.63. The lowest BCUT2D eigenvalue weighted by molar-refractivity contribution is 0.0477. The molecule has 0 spiro atoms. The van der Waals surface area contributed by atoms with Gasteiger partial charge < -0.3 is 15.0 Å². The number of piperazine rings is 1. The smallest absolute Gasteiger partial charge is 0.254 e. The van der Waals surface area contributed by atoms with Crippen LogP contribution < -0.4 is 10.1 Å². The molecule has 1 aliphatic heterocycles. The fraction of sp³-hybridized carbons (Fsp3) is 0.533. The van der Waals surface area contributed by atoms with E-state index in [4.69, 9.17) is 4.74 Å². The summed E-state index contributed by atoms with van der Waals surface area (Å²) in [5.74, 6) is 0.837. The van der Waals surface area contributed by atoms with Gasteiger partial charge >= 0.3 is 0 Å². The SMILES string of the molecule is COc1cc(C(=O)N2CCNCC2(C)C)ccc1C. The highest BCUT2D eigenvalue weighted by Gasteiger charge is 2.33. The molecule has 4 heteroatoms. The fourth-order valence-corrected chi connectivity index (χ4v) is 2.47. The van der Waals surface area contributed by atoms with Crippen molar-refractivity contribution >= 4 is 5.91 Å². The van der Waals surface area contributed by atoms with Crippen LogP contribution in [0.4, 0.5) is 0 Å². The molecule has 104 valence electrons. The van der Waals surface area contributed by atoms with Crippen LogP contribution in [0.2, 0.25) is 0 Å². The molecule has 0 bridgehead atoms. The van der Waals surface area contributed by atoms with Gasteiger partial charge in [-0.15, -0.1) is 0 Å². The Labute approximate surface area is 114 Å². The topological polar surface area (TPSA) is 41.6 Å². The van der Waals surface area contributed by atoms with Gasteiger partial charge in [0.15, 0.2) is 0 Å². The van der Waals surface area contributed by atoms with E-state index in [2.05, 4.69) is 19.2 Å². The van der Waals surface area contributed by atoms with Crippen LogP contribution in [0.5, 0.6) is 5.75 Å². The number of carbonyl (C=O) groups is 1. The molecule has 19 heavy (non-hydrogen) atoms. The number of methoxy groups -OCH3 is 1. The number of rotatable bonds is 2. The predicted molar refractivity (Wildman–Crippen MR) is 75.7 cm³/mol. The van der Waals surface area contributed by atoms with Crippen molar-refractivity contribution in [2.45, 2.75) is 26.3 Å². The molecule has 1 saturated heterocycles. The quantitative estimate of drug-likeness (QED) is 0.884. The third-order valence-corrected chi connectivity index (χ3v) is 3.70.